The molecule has 0 amide bonds. The Morgan fingerprint density at radius 1 is 1.05 bits per heavy atom. The van der Waals surface area contributed by atoms with E-state index >= 15 is 0 Å². The van der Waals surface area contributed by atoms with E-state index in [0.717, 1.165) is 10.9 Å². The lowest BCUT2D eigenvalue weighted by Gasteiger charge is -2.09. The third-order valence-corrected chi connectivity index (χ3v) is 3.45. The van der Waals surface area contributed by atoms with Gasteiger partial charge in [-0.25, -0.2) is 4.98 Å². The highest BCUT2D eigenvalue weighted by atomic mass is 16.5. The highest BCUT2D eigenvalue weighted by molar-refractivity contribution is 5.80. The maximum atomic E-state index is 5.85. The molecule has 5 nitrogen and oxygen atoms in total. The lowest BCUT2D eigenvalue weighted by Crippen LogP contribution is -2.22. The van der Waals surface area contributed by atoms with E-state index in [0.29, 0.717) is 17.4 Å². The first-order chi connectivity index (χ1) is 9.65. The molecule has 0 aliphatic carbocycles. The summed E-state index contributed by atoms with van der Waals surface area (Å²) < 4.78 is 5.27. The second kappa shape index (κ2) is 5.02. The molecule has 20 heavy (non-hydrogen) atoms. The van der Waals surface area contributed by atoms with Crippen molar-refractivity contribution in [2.45, 2.75) is 25.8 Å². The SMILES string of the molecule is CC(N)C(C)c1nc(-c2ccc3ccccc3n2)no1. The van der Waals surface area contributed by atoms with Gasteiger partial charge in [0.25, 0.3) is 0 Å². The molecule has 0 aliphatic heterocycles. The summed E-state index contributed by atoms with van der Waals surface area (Å²) in [6.45, 7) is 3.89. The molecule has 0 radical (unpaired) electrons. The quantitative estimate of drug-likeness (QED) is 0.790. The van der Waals surface area contributed by atoms with Crippen LogP contribution in [0.25, 0.3) is 22.4 Å². The zero-order chi connectivity index (χ0) is 14.1. The Hall–Kier alpha value is -2.27. The van der Waals surface area contributed by atoms with Gasteiger partial charge in [0.2, 0.25) is 11.7 Å². The van der Waals surface area contributed by atoms with Crippen molar-refractivity contribution in [3.63, 3.8) is 0 Å². The molecule has 2 N–H and O–H groups in total. The van der Waals surface area contributed by atoms with Crippen molar-refractivity contribution < 1.29 is 4.52 Å². The normalized spacial score (nSPS) is 14.3. The van der Waals surface area contributed by atoms with Crippen LogP contribution in [-0.2, 0) is 0 Å². The molecule has 0 saturated carbocycles. The van der Waals surface area contributed by atoms with Gasteiger partial charge in [-0.3, -0.25) is 0 Å². The molecule has 0 bridgehead atoms. The summed E-state index contributed by atoms with van der Waals surface area (Å²) in [7, 11) is 0. The minimum atomic E-state index is -0.0344. The standard InChI is InChI=1S/C15H16N4O/c1-9(10(2)16)15-18-14(19-20-15)13-8-7-11-5-3-4-6-12(11)17-13/h3-10H,16H2,1-2H3. The van der Waals surface area contributed by atoms with Crippen LogP contribution in [0.4, 0.5) is 0 Å². The molecule has 0 saturated heterocycles. The first-order valence-corrected chi connectivity index (χ1v) is 6.60. The number of para-hydroxylation sites is 1. The maximum Gasteiger partial charge on any atom is 0.231 e. The van der Waals surface area contributed by atoms with Crippen LogP contribution >= 0.6 is 0 Å². The van der Waals surface area contributed by atoms with Gasteiger partial charge in [-0.15, -0.1) is 0 Å². The van der Waals surface area contributed by atoms with Gasteiger partial charge in [-0.05, 0) is 19.1 Å². The van der Waals surface area contributed by atoms with Crippen molar-refractivity contribution in [3.8, 4) is 11.5 Å². The molecule has 5 heteroatoms. The molecule has 102 valence electrons. The Balaban J connectivity index is 1.99. The molecule has 0 fully saturated rings. The Kier molecular flexibility index (Phi) is 3.20. The molecule has 0 spiro atoms. The van der Waals surface area contributed by atoms with Crippen LogP contribution in [0.3, 0.4) is 0 Å². The first-order valence-electron chi connectivity index (χ1n) is 6.60. The van der Waals surface area contributed by atoms with Crippen LogP contribution in [0.1, 0.15) is 25.7 Å². The lowest BCUT2D eigenvalue weighted by molar-refractivity contribution is 0.346. The molecule has 2 aromatic heterocycles. The predicted molar refractivity (Wildman–Crippen MR) is 77.1 cm³/mol. The van der Waals surface area contributed by atoms with E-state index in [1.54, 1.807) is 0 Å². The number of nitrogens with two attached hydrogens (primary N) is 1. The number of pyridine rings is 1. The van der Waals surface area contributed by atoms with Gasteiger partial charge in [0, 0.05) is 11.4 Å². The minimum absolute atomic E-state index is 0.0247. The van der Waals surface area contributed by atoms with Crippen LogP contribution in [0.5, 0.6) is 0 Å². The molecule has 1 aromatic carbocycles. The van der Waals surface area contributed by atoms with E-state index in [1.165, 1.54) is 0 Å². The molecule has 2 unspecified atom stereocenters. The molecule has 2 heterocycles. The van der Waals surface area contributed by atoms with E-state index < -0.39 is 0 Å². The van der Waals surface area contributed by atoms with Crippen LogP contribution in [0, 0.1) is 0 Å². The van der Waals surface area contributed by atoms with Gasteiger partial charge in [0.05, 0.1) is 11.4 Å². The Morgan fingerprint density at radius 3 is 2.65 bits per heavy atom. The van der Waals surface area contributed by atoms with Crippen LogP contribution in [-0.4, -0.2) is 21.2 Å². The summed E-state index contributed by atoms with van der Waals surface area (Å²) in [6, 6.07) is 11.8. The van der Waals surface area contributed by atoms with Crippen LogP contribution in [0.15, 0.2) is 40.9 Å². The lowest BCUT2D eigenvalue weighted by atomic mass is 10.1. The minimum Gasteiger partial charge on any atom is -0.339 e. The van der Waals surface area contributed by atoms with Gasteiger partial charge in [0.1, 0.15) is 5.69 Å². The average molecular weight is 268 g/mol. The van der Waals surface area contributed by atoms with Crippen molar-refractivity contribution in [2.24, 2.45) is 5.73 Å². The van der Waals surface area contributed by atoms with Gasteiger partial charge in [-0.1, -0.05) is 36.3 Å². The average Bonchev–Trinajstić information content (AvgIpc) is 2.95. The van der Waals surface area contributed by atoms with Gasteiger partial charge in [-0.2, -0.15) is 4.98 Å². The van der Waals surface area contributed by atoms with E-state index in [-0.39, 0.29) is 12.0 Å². The molecular formula is C15H16N4O. The third-order valence-electron chi connectivity index (χ3n) is 3.45. The number of benzene rings is 1. The fraction of sp³-hybridized carbons (Fsp3) is 0.267. The van der Waals surface area contributed by atoms with Crippen LogP contribution < -0.4 is 5.73 Å². The Labute approximate surface area is 116 Å². The third kappa shape index (κ3) is 2.28. The predicted octanol–water partition coefficient (Wildman–Crippen LogP) is 2.74. The van der Waals surface area contributed by atoms with Gasteiger partial charge >= 0.3 is 0 Å². The monoisotopic (exact) mass is 268 g/mol. The van der Waals surface area contributed by atoms with E-state index in [1.807, 2.05) is 50.2 Å². The zero-order valence-electron chi connectivity index (χ0n) is 11.4. The topological polar surface area (TPSA) is 77.8 Å². The van der Waals surface area contributed by atoms with E-state index in [9.17, 15) is 0 Å². The Morgan fingerprint density at radius 2 is 1.85 bits per heavy atom. The fourth-order valence-electron chi connectivity index (χ4n) is 1.94. The van der Waals surface area contributed by atoms with Crippen molar-refractivity contribution in [1.82, 2.24) is 15.1 Å². The molecule has 0 aliphatic rings. The largest absolute Gasteiger partial charge is 0.339 e. The van der Waals surface area contributed by atoms with Gasteiger partial charge < -0.3 is 10.3 Å². The molecular weight excluding hydrogens is 252 g/mol. The number of hydrogen-bond acceptors (Lipinski definition) is 5. The molecule has 3 rings (SSSR count). The van der Waals surface area contributed by atoms with Gasteiger partial charge in [0.15, 0.2) is 0 Å². The number of fused-ring (bicyclic) bond motifs is 1. The highest BCUT2D eigenvalue weighted by Gasteiger charge is 2.19. The summed E-state index contributed by atoms with van der Waals surface area (Å²) in [5, 5.41) is 5.08. The summed E-state index contributed by atoms with van der Waals surface area (Å²) >= 11 is 0. The second-order valence-electron chi connectivity index (χ2n) is 4.99. The van der Waals surface area contributed by atoms with Crippen molar-refractivity contribution in [1.29, 1.82) is 0 Å². The summed E-state index contributed by atoms with van der Waals surface area (Å²) in [5.41, 5.74) is 7.46. The Bertz CT molecular complexity index is 735. The fourth-order valence-corrected chi connectivity index (χ4v) is 1.94. The van der Waals surface area contributed by atoms with E-state index in [4.69, 9.17) is 10.3 Å². The first kappa shape index (κ1) is 12.7. The summed E-state index contributed by atoms with van der Waals surface area (Å²) in [5.74, 6) is 1.07. The molecule has 3 aromatic rings. The second-order valence-corrected chi connectivity index (χ2v) is 4.99. The maximum absolute atomic E-state index is 5.85. The number of nitrogens with zero attached hydrogens (tertiary/aromatic N) is 3. The molecule has 2 atom stereocenters. The van der Waals surface area contributed by atoms with E-state index in [2.05, 4.69) is 15.1 Å². The summed E-state index contributed by atoms with van der Waals surface area (Å²) in [6.07, 6.45) is 0. The highest BCUT2D eigenvalue weighted by Crippen LogP contribution is 2.22. The number of rotatable bonds is 3. The van der Waals surface area contributed by atoms with Crippen molar-refractivity contribution >= 4 is 10.9 Å². The number of aromatic nitrogens is 3. The smallest absolute Gasteiger partial charge is 0.231 e. The zero-order valence-corrected chi connectivity index (χ0v) is 11.4. The van der Waals surface area contributed by atoms with Crippen LogP contribution in [0.2, 0.25) is 0 Å². The number of hydrogen-bond donors (Lipinski definition) is 1. The van der Waals surface area contributed by atoms with Crippen molar-refractivity contribution in [3.05, 3.63) is 42.3 Å². The van der Waals surface area contributed by atoms with Crippen molar-refractivity contribution in [2.75, 3.05) is 0 Å². The summed E-state index contributed by atoms with van der Waals surface area (Å²) in [4.78, 5) is 8.93.